The zero-order valence-electron chi connectivity index (χ0n) is 16.5. The van der Waals surface area contributed by atoms with Gasteiger partial charge in [0, 0.05) is 29.6 Å². The van der Waals surface area contributed by atoms with Crippen LogP contribution in [-0.2, 0) is 9.59 Å². The lowest BCUT2D eigenvalue weighted by Crippen LogP contribution is -2.30. The molecule has 0 saturated carbocycles. The van der Waals surface area contributed by atoms with Crippen molar-refractivity contribution in [3.63, 3.8) is 0 Å². The molecule has 2 atom stereocenters. The van der Waals surface area contributed by atoms with Crippen LogP contribution in [0.5, 0.6) is 0 Å². The molecule has 1 N–H and O–H groups in total. The highest BCUT2D eigenvalue weighted by molar-refractivity contribution is 7.09. The molecule has 6 heteroatoms. The van der Waals surface area contributed by atoms with Crippen molar-refractivity contribution < 1.29 is 9.59 Å². The summed E-state index contributed by atoms with van der Waals surface area (Å²) in [4.78, 5) is 31.5. The third kappa shape index (κ3) is 4.22. The first-order valence-electron chi connectivity index (χ1n) is 9.69. The number of nitrogens with one attached hydrogen (secondary N) is 1. The van der Waals surface area contributed by atoms with E-state index in [-0.39, 0.29) is 30.2 Å². The highest BCUT2D eigenvalue weighted by Crippen LogP contribution is 2.29. The molecule has 2 aromatic carbocycles. The summed E-state index contributed by atoms with van der Waals surface area (Å²) in [5.74, 6) is -0.427. The normalized spacial score (nSPS) is 17.4. The van der Waals surface area contributed by atoms with E-state index < -0.39 is 0 Å². The smallest absolute Gasteiger partial charge is 0.229 e. The Balaban J connectivity index is 1.39. The van der Waals surface area contributed by atoms with Gasteiger partial charge in [-0.25, -0.2) is 4.98 Å². The number of aromatic nitrogens is 1. The predicted molar refractivity (Wildman–Crippen MR) is 116 cm³/mol. The monoisotopic (exact) mass is 405 g/mol. The molecule has 3 aromatic rings. The van der Waals surface area contributed by atoms with Crippen molar-refractivity contribution >= 4 is 28.8 Å². The maximum Gasteiger partial charge on any atom is 0.229 e. The largest absolute Gasteiger partial charge is 0.335 e. The van der Waals surface area contributed by atoms with Crippen LogP contribution in [-0.4, -0.2) is 28.2 Å². The van der Waals surface area contributed by atoms with E-state index in [1.807, 2.05) is 73.8 Å². The van der Waals surface area contributed by atoms with Gasteiger partial charge in [-0.15, -0.1) is 11.3 Å². The Morgan fingerprint density at radius 1 is 1.17 bits per heavy atom. The van der Waals surface area contributed by atoms with Gasteiger partial charge in [0.2, 0.25) is 11.8 Å². The molecule has 1 aliphatic rings. The predicted octanol–water partition coefficient (Wildman–Crippen LogP) is 4.67. The third-order valence-corrected chi connectivity index (χ3v) is 6.12. The number of aryl methyl sites for hydroxylation is 1. The number of amides is 2. The average Bonchev–Trinajstić information content (AvgIpc) is 3.34. The van der Waals surface area contributed by atoms with Crippen LogP contribution in [0.15, 0.2) is 60.0 Å². The van der Waals surface area contributed by atoms with Crippen LogP contribution >= 0.6 is 11.3 Å². The quantitative estimate of drug-likeness (QED) is 0.671. The highest BCUT2D eigenvalue weighted by Gasteiger charge is 2.37. The van der Waals surface area contributed by atoms with Crippen LogP contribution < -0.4 is 5.32 Å². The molecule has 1 saturated heterocycles. The van der Waals surface area contributed by atoms with E-state index in [4.69, 9.17) is 0 Å². The van der Waals surface area contributed by atoms with E-state index in [0.29, 0.717) is 6.54 Å². The number of carbonyl (C=O) groups is 2. The maximum absolute atomic E-state index is 12.7. The molecule has 0 bridgehead atoms. The van der Waals surface area contributed by atoms with Crippen LogP contribution in [0.4, 0.5) is 5.69 Å². The van der Waals surface area contributed by atoms with E-state index in [1.165, 1.54) is 0 Å². The number of hydrogen-bond acceptors (Lipinski definition) is 4. The second kappa shape index (κ2) is 8.17. The van der Waals surface area contributed by atoms with Crippen molar-refractivity contribution in [3.05, 3.63) is 70.5 Å². The second-order valence-corrected chi connectivity index (χ2v) is 8.41. The zero-order valence-corrected chi connectivity index (χ0v) is 17.3. The number of hydrogen-bond donors (Lipinski definition) is 1. The van der Waals surface area contributed by atoms with Gasteiger partial charge in [-0.3, -0.25) is 9.59 Å². The molecule has 4 rings (SSSR count). The van der Waals surface area contributed by atoms with Crippen molar-refractivity contribution in [2.45, 2.75) is 26.3 Å². The number of likely N-dealkylation sites (tertiary alicyclic amines) is 1. The maximum atomic E-state index is 12.7. The minimum Gasteiger partial charge on any atom is -0.335 e. The summed E-state index contributed by atoms with van der Waals surface area (Å²) in [5, 5.41) is 6.00. The lowest BCUT2D eigenvalue weighted by molar-refractivity contribution is -0.129. The Hall–Kier alpha value is -2.99. The van der Waals surface area contributed by atoms with Crippen LogP contribution in [0.2, 0.25) is 0 Å². The van der Waals surface area contributed by atoms with Crippen LogP contribution in [0.1, 0.15) is 30.0 Å². The van der Waals surface area contributed by atoms with Gasteiger partial charge in [0.15, 0.2) is 0 Å². The summed E-state index contributed by atoms with van der Waals surface area (Å²) in [6.07, 6.45) is 0.249. The minimum atomic E-state index is -0.338. The number of carbonyl (C=O) groups excluding carboxylic acids is 2. The van der Waals surface area contributed by atoms with Gasteiger partial charge in [-0.2, -0.15) is 0 Å². The van der Waals surface area contributed by atoms with Crippen molar-refractivity contribution in [1.82, 2.24) is 9.88 Å². The van der Waals surface area contributed by atoms with Crippen molar-refractivity contribution in [3.8, 4) is 11.3 Å². The molecular formula is C23H23N3O2S. The Labute approximate surface area is 174 Å². The number of benzene rings is 2. The van der Waals surface area contributed by atoms with E-state index in [0.717, 1.165) is 27.5 Å². The van der Waals surface area contributed by atoms with Gasteiger partial charge in [-0.05, 0) is 31.5 Å². The Bertz CT molecular complexity index is 1010. The SMILES string of the molecule is Cc1nc(-c2ccc(NC(=O)[C@@H]3CC(=O)N([C@H](C)c4ccccc4)C3)cc2)cs1. The zero-order chi connectivity index (χ0) is 20.4. The minimum absolute atomic E-state index is 0.0238. The Morgan fingerprint density at radius 3 is 2.55 bits per heavy atom. The van der Waals surface area contributed by atoms with Gasteiger partial charge in [-0.1, -0.05) is 42.5 Å². The second-order valence-electron chi connectivity index (χ2n) is 7.35. The standard InChI is InChI=1S/C23H23N3O2S/c1-15(17-6-4-3-5-7-17)26-13-19(12-22(26)27)23(28)25-20-10-8-18(9-11-20)21-14-29-16(2)24-21/h3-11,14-15,19H,12-13H2,1-2H3,(H,25,28)/t15-,19-/m1/s1. The fourth-order valence-electron chi connectivity index (χ4n) is 3.66. The van der Waals surface area contributed by atoms with Crippen LogP contribution in [0, 0.1) is 12.8 Å². The topological polar surface area (TPSA) is 62.3 Å². The molecule has 2 heterocycles. The average molecular weight is 406 g/mol. The van der Waals surface area contributed by atoms with Gasteiger partial charge in [0.05, 0.1) is 22.7 Å². The fourth-order valence-corrected chi connectivity index (χ4v) is 4.28. The molecule has 1 aromatic heterocycles. The molecule has 2 amide bonds. The molecule has 0 aliphatic carbocycles. The first kappa shape index (κ1) is 19.3. The first-order valence-corrected chi connectivity index (χ1v) is 10.6. The molecule has 0 spiro atoms. The molecule has 148 valence electrons. The molecule has 1 aliphatic heterocycles. The lowest BCUT2D eigenvalue weighted by Gasteiger charge is -2.25. The third-order valence-electron chi connectivity index (χ3n) is 5.35. The van der Waals surface area contributed by atoms with Crippen LogP contribution in [0.25, 0.3) is 11.3 Å². The van der Waals surface area contributed by atoms with E-state index in [1.54, 1.807) is 16.2 Å². The van der Waals surface area contributed by atoms with Crippen LogP contribution in [0.3, 0.4) is 0 Å². The lowest BCUT2D eigenvalue weighted by atomic mass is 10.1. The first-order chi connectivity index (χ1) is 14.0. The fraction of sp³-hybridized carbons (Fsp3) is 0.261. The molecule has 29 heavy (non-hydrogen) atoms. The Kier molecular flexibility index (Phi) is 5.45. The van der Waals surface area contributed by atoms with Crippen molar-refractivity contribution in [1.29, 1.82) is 0 Å². The van der Waals surface area contributed by atoms with Gasteiger partial charge in [0.25, 0.3) is 0 Å². The molecule has 0 radical (unpaired) electrons. The summed E-state index contributed by atoms with van der Waals surface area (Å²) >= 11 is 1.61. The highest BCUT2D eigenvalue weighted by atomic mass is 32.1. The summed E-state index contributed by atoms with van der Waals surface area (Å²) in [6, 6.07) is 17.5. The summed E-state index contributed by atoms with van der Waals surface area (Å²) < 4.78 is 0. The van der Waals surface area contributed by atoms with E-state index >= 15 is 0 Å². The van der Waals surface area contributed by atoms with E-state index in [2.05, 4.69) is 10.3 Å². The number of anilines is 1. The Morgan fingerprint density at radius 2 is 1.90 bits per heavy atom. The van der Waals surface area contributed by atoms with Crippen molar-refractivity contribution in [2.24, 2.45) is 5.92 Å². The molecular weight excluding hydrogens is 382 g/mol. The van der Waals surface area contributed by atoms with Crippen molar-refractivity contribution in [2.75, 3.05) is 11.9 Å². The van der Waals surface area contributed by atoms with E-state index in [9.17, 15) is 9.59 Å². The summed E-state index contributed by atoms with van der Waals surface area (Å²) in [5.41, 5.74) is 3.77. The number of rotatable bonds is 5. The summed E-state index contributed by atoms with van der Waals surface area (Å²) in [6.45, 7) is 4.43. The molecule has 5 nitrogen and oxygen atoms in total. The van der Waals surface area contributed by atoms with Gasteiger partial charge in [0.1, 0.15) is 0 Å². The molecule has 1 fully saturated rings. The van der Waals surface area contributed by atoms with Gasteiger partial charge < -0.3 is 10.2 Å². The number of nitrogens with zero attached hydrogens (tertiary/aromatic N) is 2. The summed E-state index contributed by atoms with van der Waals surface area (Å²) in [7, 11) is 0. The number of thiazole rings is 1. The van der Waals surface area contributed by atoms with Gasteiger partial charge >= 0.3 is 0 Å². The molecule has 0 unspecified atom stereocenters.